The summed E-state index contributed by atoms with van der Waals surface area (Å²) in [7, 11) is 3.91. The van der Waals surface area contributed by atoms with Gasteiger partial charge in [0.15, 0.2) is 0 Å². The summed E-state index contributed by atoms with van der Waals surface area (Å²) in [6, 6.07) is 13.4. The first-order valence-electron chi connectivity index (χ1n) is 8.16. The van der Waals surface area contributed by atoms with E-state index in [2.05, 4.69) is 15.5 Å². The number of rotatable bonds is 6. The lowest BCUT2D eigenvalue weighted by Crippen LogP contribution is -2.34. The van der Waals surface area contributed by atoms with Crippen LogP contribution >= 0.6 is 0 Å². The van der Waals surface area contributed by atoms with E-state index in [1.165, 1.54) is 0 Å². The molecule has 1 atom stereocenters. The van der Waals surface area contributed by atoms with E-state index in [-0.39, 0.29) is 11.9 Å². The van der Waals surface area contributed by atoms with Crippen LogP contribution in [0.4, 0.5) is 0 Å². The Balaban J connectivity index is 1.79. The fourth-order valence-corrected chi connectivity index (χ4v) is 2.81. The molecular weight excluding hydrogens is 316 g/mol. The molecule has 0 aliphatic carbocycles. The molecule has 0 aliphatic rings. The first-order chi connectivity index (χ1) is 12.1. The average Bonchev–Trinajstić information content (AvgIpc) is 3.25. The summed E-state index contributed by atoms with van der Waals surface area (Å²) in [5.41, 5.74) is 2.89. The topological polar surface area (TPSA) is 74.2 Å². The molecule has 2 aromatic heterocycles. The third-order valence-corrected chi connectivity index (χ3v) is 4.17. The molecule has 0 bridgehead atoms. The minimum absolute atomic E-state index is 0.0358. The molecule has 25 heavy (non-hydrogen) atoms. The summed E-state index contributed by atoms with van der Waals surface area (Å²) in [6.45, 7) is 2.29. The second kappa shape index (κ2) is 7.36. The molecule has 0 saturated heterocycles. The minimum Gasteiger partial charge on any atom is -0.468 e. The highest BCUT2D eigenvalue weighted by Crippen LogP contribution is 2.24. The Morgan fingerprint density at radius 2 is 2.00 bits per heavy atom. The molecule has 0 saturated carbocycles. The summed E-state index contributed by atoms with van der Waals surface area (Å²) >= 11 is 0. The number of aryl methyl sites for hydroxylation is 1. The number of carbonyl (C=O) groups excluding carboxylic acids is 1. The van der Waals surface area contributed by atoms with Gasteiger partial charge in [-0.2, -0.15) is 5.10 Å². The molecule has 6 heteroatoms. The van der Waals surface area contributed by atoms with Gasteiger partial charge in [0.05, 0.1) is 17.9 Å². The largest absolute Gasteiger partial charge is 0.468 e. The number of benzene rings is 1. The van der Waals surface area contributed by atoms with Crippen molar-refractivity contribution in [2.75, 3.05) is 20.6 Å². The van der Waals surface area contributed by atoms with E-state index in [4.69, 9.17) is 4.42 Å². The van der Waals surface area contributed by atoms with Crippen LogP contribution in [0.2, 0.25) is 0 Å². The van der Waals surface area contributed by atoms with Crippen LogP contribution in [0.15, 0.2) is 53.1 Å². The van der Waals surface area contributed by atoms with Gasteiger partial charge in [-0.05, 0) is 33.2 Å². The number of furan rings is 1. The molecule has 130 valence electrons. The van der Waals surface area contributed by atoms with Crippen molar-refractivity contribution < 1.29 is 9.21 Å². The maximum Gasteiger partial charge on any atom is 0.255 e. The predicted octanol–water partition coefficient (Wildman–Crippen LogP) is 3.01. The number of aromatic amines is 1. The van der Waals surface area contributed by atoms with Crippen LogP contribution in [0.5, 0.6) is 0 Å². The van der Waals surface area contributed by atoms with Crippen LogP contribution in [0, 0.1) is 6.92 Å². The van der Waals surface area contributed by atoms with Crippen LogP contribution in [0.1, 0.15) is 27.9 Å². The first-order valence-corrected chi connectivity index (χ1v) is 8.16. The smallest absolute Gasteiger partial charge is 0.255 e. The number of hydrogen-bond acceptors (Lipinski definition) is 4. The van der Waals surface area contributed by atoms with Gasteiger partial charge in [-0.25, -0.2) is 0 Å². The minimum atomic E-state index is -0.150. The molecular formula is C19H22N4O2. The molecule has 0 spiro atoms. The zero-order valence-corrected chi connectivity index (χ0v) is 14.6. The van der Waals surface area contributed by atoms with Crippen molar-refractivity contribution in [2.45, 2.75) is 13.0 Å². The summed E-state index contributed by atoms with van der Waals surface area (Å²) in [5, 5.41) is 10.2. The number of nitrogens with zero attached hydrogens (tertiary/aromatic N) is 2. The molecule has 0 fully saturated rings. The highest BCUT2D eigenvalue weighted by molar-refractivity contribution is 6.01. The number of likely N-dealkylation sites (N-methyl/N-ethyl adjacent to an activating group) is 1. The van der Waals surface area contributed by atoms with Crippen molar-refractivity contribution in [3.63, 3.8) is 0 Å². The van der Waals surface area contributed by atoms with Gasteiger partial charge in [0.1, 0.15) is 11.5 Å². The number of hydrogen-bond donors (Lipinski definition) is 2. The second-order valence-corrected chi connectivity index (χ2v) is 6.14. The van der Waals surface area contributed by atoms with E-state index in [9.17, 15) is 4.79 Å². The lowest BCUT2D eigenvalue weighted by atomic mass is 10.1. The highest BCUT2D eigenvalue weighted by atomic mass is 16.3. The molecule has 0 radical (unpaired) electrons. The van der Waals surface area contributed by atoms with Crippen molar-refractivity contribution in [1.82, 2.24) is 20.4 Å². The lowest BCUT2D eigenvalue weighted by molar-refractivity contribution is 0.0939. The molecule has 3 aromatic rings. The van der Waals surface area contributed by atoms with Crippen LogP contribution in [0.25, 0.3) is 11.3 Å². The van der Waals surface area contributed by atoms with Crippen molar-refractivity contribution >= 4 is 5.91 Å². The standard InChI is InChI=1S/C19H22N4O2/c1-13-17(18(22-21-13)14-8-5-4-6-9-14)19(24)20-12-15(23(2)3)16-10-7-11-25-16/h4-11,15H,12H2,1-3H3,(H,20,24)(H,21,22). The van der Waals surface area contributed by atoms with Crippen LogP contribution in [-0.4, -0.2) is 41.6 Å². The van der Waals surface area contributed by atoms with E-state index < -0.39 is 0 Å². The van der Waals surface area contributed by atoms with E-state index in [0.29, 0.717) is 17.8 Å². The molecule has 1 aromatic carbocycles. The number of H-pyrrole nitrogens is 1. The Kier molecular flexibility index (Phi) is 5.00. The van der Waals surface area contributed by atoms with Gasteiger partial charge in [0.25, 0.3) is 5.91 Å². The average molecular weight is 338 g/mol. The summed E-state index contributed by atoms with van der Waals surface area (Å²) in [4.78, 5) is 14.8. The SMILES string of the molecule is Cc1[nH]nc(-c2ccccc2)c1C(=O)NCC(c1ccco1)N(C)C. The number of nitrogens with one attached hydrogen (secondary N) is 2. The summed E-state index contributed by atoms with van der Waals surface area (Å²) in [5.74, 6) is 0.668. The van der Waals surface area contributed by atoms with Crippen molar-refractivity contribution in [3.8, 4) is 11.3 Å². The van der Waals surface area contributed by atoms with Gasteiger partial charge in [0.2, 0.25) is 0 Å². The molecule has 1 amide bonds. The van der Waals surface area contributed by atoms with Crippen molar-refractivity contribution in [1.29, 1.82) is 0 Å². The van der Waals surface area contributed by atoms with Gasteiger partial charge in [0, 0.05) is 17.8 Å². The monoisotopic (exact) mass is 338 g/mol. The zero-order valence-electron chi connectivity index (χ0n) is 14.6. The number of amides is 1. The Bertz CT molecular complexity index is 822. The molecule has 3 rings (SSSR count). The maximum atomic E-state index is 12.8. The van der Waals surface area contributed by atoms with E-state index in [0.717, 1.165) is 17.0 Å². The zero-order chi connectivity index (χ0) is 17.8. The fraction of sp³-hybridized carbons (Fsp3) is 0.263. The van der Waals surface area contributed by atoms with Crippen molar-refractivity contribution in [2.24, 2.45) is 0 Å². The maximum absolute atomic E-state index is 12.8. The van der Waals surface area contributed by atoms with Crippen LogP contribution in [0.3, 0.4) is 0 Å². The Morgan fingerprint density at radius 1 is 1.24 bits per heavy atom. The van der Waals surface area contributed by atoms with E-state index >= 15 is 0 Å². The van der Waals surface area contributed by atoms with E-state index in [1.807, 2.05) is 68.4 Å². The third-order valence-electron chi connectivity index (χ3n) is 4.17. The Labute approximate surface area is 146 Å². The third kappa shape index (κ3) is 3.64. The van der Waals surface area contributed by atoms with Gasteiger partial charge in [-0.1, -0.05) is 30.3 Å². The molecule has 0 aliphatic heterocycles. The Hall–Kier alpha value is -2.86. The molecule has 2 N–H and O–H groups in total. The second-order valence-electron chi connectivity index (χ2n) is 6.14. The molecule has 1 unspecified atom stereocenters. The molecule has 2 heterocycles. The lowest BCUT2D eigenvalue weighted by Gasteiger charge is -2.22. The van der Waals surface area contributed by atoms with Gasteiger partial charge >= 0.3 is 0 Å². The van der Waals surface area contributed by atoms with Gasteiger partial charge in [-0.15, -0.1) is 0 Å². The van der Waals surface area contributed by atoms with Gasteiger partial charge < -0.3 is 9.73 Å². The van der Waals surface area contributed by atoms with Crippen LogP contribution < -0.4 is 5.32 Å². The normalized spacial score (nSPS) is 12.3. The fourth-order valence-electron chi connectivity index (χ4n) is 2.81. The summed E-state index contributed by atoms with van der Waals surface area (Å²) < 4.78 is 5.49. The number of carbonyl (C=O) groups is 1. The van der Waals surface area contributed by atoms with Gasteiger partial charge in [-0.3, -0.25) is 14.8 Å². The van der Waals surface area contributed by atoms with Crippen LogP contribution in [-0.2, 0) is 0 Å². The first kappa shape index (κ1) is 17.0. The Morgan fingerprint density at radius 3 is 2.64 bits per heavy atom. The number of aromatic nitrogens is 2. The highest BCUT2D eigenvalue weighted by Gasteiger charge is 2.22. The van der Waals surface area contributed by atoms with E-state index in [1.54, 1.807) is 6.26 Å². The predicted molar refractivity (Wildman–Crippen MR) is 96.2 cm³/mol. The molecule has 6 nitrogen and oxygen atoms in total. The van der Waals surface area contributed by atoms with Crippen molar-refractivity contribution in [3.05, 3.63) is 65.7 Å². The summed E-state index contributed by atoms with van der Waals surface area (Å²) in [6.07, 6.45) is 1.64. The quantitative estimate of drug-likeness (QED) is 0.724.